The minimum Gasteiger partial charge on any atom is -0.372 e. The Morgan fingerprint density at radius 2 is 1.52 bits per heavy atom. The Kier molecular flexibility index (Phi) is 6.64. The highest BCUT2D eigenvalue weighted by Gasteiger charge is 2.23. The average molecular weight is 396 g/mol. The number of rotatable bonds is 6. The zero-order valence-electron chi connectivity index (χ0n) is 17.3. The van der Waals surface area contributed by atoms with Crippen LogP contribution in [0.3, 0.4) is 0 Å². The molecule has 2 aromatic rings. The van der Waals surface area contributed by atoms with E-state index in [9.17, 15) is 9.59 Å². The number of benzene rings is 1. The first-order valence-electron chi connectivity index (χ1n) is 10.0. The first-order valence-corrected chi connectivity index (χ1v) is 10.0. The third-order valence-corrected chi connectivity index (χ3v) is 5.16. The van der Waals surface area contributed by atoms with Gasteiger partial charge in [0.1, 0.15) is 0 Å². The number of aromatic nitrogens is 2. The molecular formula is C21H28N6O2. The summed E-state index contributed by atoms with van der Waals surface area (Å²) in [5.74, 6) is 0.378. The van der Waals surface area contributed by atoms with Crippen LogP contribution in [-0.4, -0.2) is 70.9 Å². The molecule has 0 saturated carbocycles. The van der Waals surface area contributed by atoms with Crippen molar-refractivity contribution in [3.05, 3.63) is 42.2 Å². The Balaban J connectivity index is 1.59. The lowest BCUT2D eigenvalue weighted by atomic mass is 10.2. The maximum atomic E-state index is 12.6. The number of hydrogen-bond donors (Lipinski definition) is 1. The van der Waals surface area contributed by atoms with Gasteiger partial charge in [-0.25, -0.2) is 9.97 Å². The number of carbonyl (C=O) groups excluding carboxylic acids is 2. The van der Waals surface area contributed by atoms with Crippen LogP contribution in [-0.2, 0) is 4.79 Å². The van der Waals surface area contributed by atoms with Crippen molar-refractivity contribution in [2.75, 3.05) is 49.5 Å². The van der Waals surface area contributed by atoms with Crippen molar-refractivity contribution in [2.24, 2.45) is 0 Å². The number of carbonyl (C=O) groups is 2. The summed E-state index contributed by atoms with van der Waals surface area (Å²) in [5.41, 5.74) is 2.51. The fourth-order valence-corrected chi connectivity index (χ4v) is 3.38. The number of piperazine rings is 1. The van der Waals surface area contributed by atoms with E-state index in [1.807, 2.05) is 12.1 Å². The molecular weight excluding hydrogens is 368 g/mol. The van der Waals surface area contributed by atoms with E-state index >= 15 is 0 Å². The van der Waals surface area contributed by atoms with Crippen molar-refractivity contribution in [1.29, 1.82) is 0 Å². The fraction of sp³-hybridized carbons (Fsp3) is 0.429. The van der Waals surface area contributed by atoms with Crippen LogP contribution in [0.4, 0.5) is 17.3 Å². The van der Waals surface area contributed by atoms with Gasteiger partial charge in [0.05, 0.1) is 5.56 Å². The van der Waals surface area contributed by atoms with Crippen LogP contribution in [0.5, 0.6) is 0 Å². The predicted molar refractivity (Wildman–Crippen MR) is 113 cm³/mol. The van der Waals surface area contributed by atoms with Crippen molar-refractivity contribution >= 4 is 29.1 Å². The lowest BCUT2D eigenvalue weighted by molar-refractivity contribution is -0.130. The second-order valence-electron chi connectivity index (χ2n) is 6.94. The van der Waals surface area contributed by atoms with E-state index in [1.165, 1.54) is 5.69 Å². The Morgan fingerprint density at radius 3 is 2.03 bits per heavy atom. The molecule has 3 rings (SSSR count). The standard InChI is InChI=1S/C21H28N6O2/c1-4-25(5-2)19-8-6-18(7-9-19)24-21-22-14-17(15-23-21)20(29)27-12-10-26(11-13-27)16(3)28/h6-9,14-15H,4-5,10-13H2,1-3H3,(H,22,23,24). The number of anilines is 3. The summed E-state index contributed by atoms with van der Waals surface area (Å²) in [6.45, 7) is 9.92. The van der Waals surface area contributed by atoms with E-state index in [0.717, 1.165) is 18.8 Å². The van der Waals surface area contributed by atoms with Gasteiger partial charge >= 0.3 is 0 Å². The van der Waals surface area contributed by atoms with Crippen molar-refractivity contribution in [3.8, 4) is 0 Å². The van der Waals surface area contributed by atoms with Crippen molar-refractivity contribution in [2.45, 2.75) is 20.8 Å². The lowest BCUT2D eigenvalue weighted by Gasteiger charge is -2.34. The average Bonchev–Trinajstić information content (AvgIpc) is 2.76. The van der Waals surface area contributed by atoms with E-state index in [-0.39, 0.29) is 11.8 Å². The largest absolute Gasteiger partial charge is 0.372 e. The second kappa shape index (κ2) is 9.36. The van der Waals surface area contributed by atoms with Gasteiger partial charge in [0.25, 0.3) is 5.91 Å². The Morgan fingerprint density at radius 1 is 0.966 bits per heavy atom. The fourth-order valence-electron chi connectivity index (χ4n) is 3.38. The summed E-state index contributed by atoms with van der Waals surface area (Å²) in [4.78, 5) is 38.3. The van der Waals surface area contributed by atoms with E-state index in [0.29, 0.717) is 37.7 Å². The molecule has 1 fully saturated rings. The molecule has 8 heteroatoms. The van der Waals surface area contributed by atoms with Crippen LogP contribution in [0.25, 0.3) is 0 Å². The molecule has 0 bridgehead atoms. The Labute approximate surface area is 171 Å². The van der Waals surface area contributed by atoms with Gasteiger partial charge in [0, 0.05) is 70.0 Å². The number of hydrogen-bond acceptors (Lipinski definition) is 6. The highest BCUT2D eigenvalue weighted by atomic mass is 16.2. The highest BCUT2D eigenvalue weighted by molar-refractivity contribution is 5.94. The van der Waals surface area contributed by atoms with Crippen LogP contribution in [0.2, 0.25) is 0 Å². The Bertz CT molecular complexity index is 825. The van der Waals surface area contributed by atoms with E-state index in [2.05, 4.69) is 46.2 Å². The maximum Gasteiger partial charge on any atom is 0.257 e. The molecule has 0 unspecified atom stereocenters. The molecule has 0 spiro atoms. The van der Waals surface area contributed by atoms with Crippen LogP contribution in [0.1, 0.15) is 31.1 Å². The summed E-state index contributed by atoms with van der Waals surface area (Å²) < 4.78 is 0. The van der Waals surface area contributed by atoms with E-state index in [4.69, 9.17) is 0 Å². The second-order valence-corrected chi connectivity index (χ2v) is 6.94. The summed E-state index contributed by atoms with van der Waals surface area (Å²) in [6.07, 6.45) is 3.08. The molecule has 1 aliphatic rings. The summed E-state index contributed by atoms with van der Waals surface area (Å²) >= 11 is 0. The van der Waals surface area contributed by atoms with Gasteiger partial charge < -0.3 is 20.0 Å². The van der Waals surface area contributed by atoms with Crippen molar-refractivity contribution in [3.63, 3.8) is 0 Å². The van der Waals surface area contributed by atoms with Gasteiger partial charge in [-0.3, -0.25) is 9.59 Å². The van der Waals surface area contributed by atoms with Gasteiger partial charge in [-0.1, -0.05) is 0 Å². The first kappa shape index (κ1) is 20.6. The molecule has 0 atom stereocenters. The molecule has 1 aromatic heterocycles. The summed E-state index contributed by atoms with van der Waals surface area (Å²) in [5, 5.41) is 3.16. The van der Waals surface area contributed by atoms with Gasteiger partial charge in [0.2, 0.25) is 11.9 Å². The molecule has 2 heterocycles. The van der Waals surface area contributed by atoms with Gasteiger partial charge in [-0.15, -0.1) is 0 Å². The minimum absolute atomic E-state index is 0.0426. The van der Waals surface area contributed by atoms with Crippen LogP contribution < -0.4 is 10.2 Å². The van der Waals surface area contributed by atoms with Gasteiger partial charge in [-0.2, -0.15) is 0 Å². The molecule has 2 amide bonds. The molecule has 1 N–H and O–H groups in total. The summed E-state index contributed by atoms with van der Waals surface area (Å²) in [7, 11) is 0. The first-order chi connectivity index (χ1) is 14.0. The quantitative estimate of drug-likeness (QED) is 0.807. The SMILES string of the molecule is CCN(CC)c1ccc(Nc2ncc(C(=O)N3CCN(C(C)=O)CC3)cn2)cc1. The zero-order chi connectivity index (χ0) is 20.8. The van der Waals surface area contributed by atoms with Crippen LogP contribution >= 0.6 is 0 Å². The number of nitrogens with zero attached hydrogens (tertiary/aromatic N) is 5. The molecule has 8 nitrogen and oxygen atoms in total. The van der Waals surface area contributed by atoms with Crippen molar-refractivity contribution < 1.29 is 9.59 Å². The Hall–Kier alpha value is -3.16. The van der Waals surface area contributed by atoms with Crippen molar-refractivity contribution in [1.82, 2.24) is 19.8 Å². The third-order valence-electron chi connectivity index (χ3n) is 5.16. The van der Waals surface area contributed by atoms with E-state index in [1.54, 1.807) is 29.1 Å². The predicted octanol–water partition coefficient (Wildman–Crippen LogP) is 2.37. The molecule has 0 radical (unpaired) electrons. The number of amides is 2. The monoisotopic (exact) mass is 396 g/mol. The van der Waals surface area contributed by atoms with Gasteiger partial charge in [-0.05, 0) is 38.1 Å². The molecule has 1 aromatic carbocycles. The van der Waals surface area contributed by atoms with Gasteiger partial charge in [0.15, 0.2) is 0 Å². The third kappa shape index (κ3) is 5.01. The minimum atomic E-state index is -0.108. The highest BCUT2D eigenvalue weighted by Crippen LogP contribution is 2.19. The van der Waals surface area contributed by atoms with Crippen LogP contribution in [0.15, 0.2) is 36.7 Å². The molecule has 0 aliphatic carbocycles. The summed E-state index contributed by atoms with van der Waals surface area (Å²) in [6, 6.07) is 8.11. The molecule has 154 valence electrons. The zero-order valence-corrected chi connectivity index (χ0v) is 17.3. The van der Waals surface area contributed by atoms with Crippen LogP contribution in [0, 0.1) is 0 Å². The molecule has 1 aliphatic heterocycles. The molecule has 1 saturated heterocycles. The topological polar surface area (TPSA) is 81.7 Å². The smallest absolute Gasteiger partial charge is 0.257 e. The molecule has 29 heavy (non-hydrogen) atoms. The number of nitrogens with one attached hydrogen (secondary N) is 1. The van der Waals surface area contributed by atoms with E-state index < -0.39 is 0 Å². The lowest BCUT2D eigenvalue weighted by Crippen LogP contribution is -2.50. The normalized spacial score (nSPS) is 13.9. The maximum absolute atomic E-state index is 12.6.